The molecule has 7 nitrogen and oxygen atoms in total. The van der Waals surface area contributed by atoms with Gasteiger partial charge in [-0.05, 0) is 6.92 Å². The van der Waals surface area contributed by atoms with Crippen molar-refractivity contribution in [2.45, 2.75) is 6.92 Å². The van der Waals surface area contributed by atoms with Gasteiger partial charge in [0.15, 0.2) is 17.4 Å². The Bertz CT molecular complexity index is 671. The van der Waals surface area contributed by atoms with Crippen LogP contribution in [0.3, 0.4) is 0 Å². The molecule has 2 amide bonds. The Hall–Kier alpha value is -2.77. The zero-order chi connectivity index (χ0) is 15.6. The molecule has 1 heterocycles. The topological polar surface area (TPSA) is 90.8 Å². The number of benzene rings is 1. The largest absolute Gasteiger partial charge is 0.494 e. The van der Waals surface area contributed by atoms with Gasteiger partial charge in [0.05, 0.1) is 19.9 Å². The Balaban J connectivity index is 2.60. The van der Waals surface area contributed by atoms with Crippen LogP contribution in [0.15, 0.2) is 22.7 Å². The third-order valence-electron chi connectivity index (χ3n) is 2.76. The van der Waals surface area contributed by atoms with E-state index in [0.29, 0.717) is 5.76 Å². The van der Waals surface area contributed by atoms with Crippen molar-refractivity contribution in [1.29, 1.82) is 0 Å². The number of nitrogens with zero attached hydrogens (tertiary/aromatic N) is 2. The number of aryl methyl sites for hydroxylation is 1. The molecule has 0 saturated carbocycles. The molecule has 2 aromatic rings. The molecule has 0 aliphatic rings. The molecule has 0 radical (unpaired) electrons. The summed E-state index contributed by atoms with van der Waals surface area (Å²) < 4.78 is 28.8. The highest BCUT2D eigenvalue weighted by Gasteiger charge is 2.24. The number of methoxy groups -OCH3 is 2. The fraction of sp³-hybridized carbons (Fsp3) is 0.231. The number of amides is 2. The lowest BCUT2D eigenvalue weighted by Crippen LogP contribution is -2.32. The second-order valence-corrected chi connectivity index (χ2v) is 4.13. The highest BCUT2D eigenvalue weighted by Crippen LogP contribution is 2.37. The molecule has 0 spiro atoms. The molecule has 0 aliphatic heterocycles. The fourth-order valence-electron chi connectivity index (χ4n) is 1.83. The molecular weight excluding hydrogens is 281 g/mol. The monoisotopic (exact) mass is 295 g/mol. The Labute approximate surface area is 120 Å². The van der Waals surface area contributed by atoms with E-state index in [0.717, 1.165) is 11.0 Å². The second-order valence-electron chi connectivity index (χ2n) is 4.13. The SMILES string of the molecule is COc1cc(OC)c(N(C(N)=O)c2cc(C)on2)cc1F. The Kier molecular flexibility index (Phi) is 3.97. The minimum Gasteiger partial charge on any atom is -0.494 e. The van der Waals surface area contributed by atoms with E-state index < -0.39 is 11.8 Å². The zero-order valence-corrected chi connectivity index (χ0v) is 11.7. The first-order valence-electron chi connectivity index (χ1n) is 5.92. The van der Waals surface area contributed by atoms with Gasteiger partial charge in [-0.25, -0.2) is 14.1 Å². The van der Waals surface area contributed by atoms with Crippen molar-refractivity contribution in [2.75, 3.05) is 19.1 Å². The van der Waals surface area contributed by atoms with E-state index in [1.165, 1.54) is 26.4 Å². The van der Waals surface area contributed by atoms with E-state index in [-0.39, 0.29) is 23.0 Å². The van der Waals surface area contributed by atoms with E-state index in [9.17, 15) is 9.18 Å². The molecule has 0 fully saturated rings. The van der Waals surface area contributed by atoms with Crippen LogP contribution in [0.25, 0.3) is 0 Å². The first kappa shape index (κ1) is 14.6. The van der Waals surface area contributed by atoms with Gasteiger partial charge in [-0.15, -0.1) is 0 Å². The van der Waals surface area contributed by atoms with Crippen molar-refractivity contribution in [1.82, 2.24) is 5.16 Å². The smallest absolute Gasteiger partial charge is 0.325 e. The third-order valence-corrected chi connectivity index (χ3v) is 2.76. The van der Waals surface area contributed by atoms with Crippen LogP contribution in [0.4, 0.5) is 20.7 Å². The maximum absolute atomic E-state index is 13.9. The van der Waals surface area contributed by atoms with Gasteiger partial charge in [0.1, 0.15) is 11.5 Å². The Morgan fingerprint density at radius 3 is 2.43 bits per heavy atom. The van der Waals surface area contributed by atoms with Gasteiger partial charge in [0.25, 0.3) is 0 Å². The van der Waals surface area contributed by atoms with Gasteiger partial charge in [0.2, 0.25) is 0 Å². The highest BCUT2D eigenvalue weighted by molar-refractivity contribution is 5.99. The second kappa shape index (κ2) is 5.70. The summed E-state index contributed by atoms with van der Waals surface area (Å²) in [6.07, 6.45) is 0. The number of ether oxygens (including phenoxy) is 2. The van der Waals surface area contributed by atoms with Gasteiger partial charge in [-0.2, -0.15) is 0 Å². The molecule has 2 N–H and O–H groups in total. The number of halogens is 1. The number of urea groups is 1. The van der Waals surface area contributed by atoms with Gasteiger partial charge < -0.3 is 19.7 Å². The number of carbonyl (C=O) groups excluding carboxylic acids is 1. The van der Waals surface area contributed by atoms with Crippen molar-refractivity contribution in [2.24, 2.45) is 5.73 Å². The van der Waals surface area contributed by atoms with Crippen LogP contribution in [0.5, 0.6) is 11.5 Å². The van der Waals surface area contributed by atoms with Gasteiger partial charge in [0, 0.05) is 18.2 Å². The number of nitrogens with two attached hydrogens (primary N) is 1. The number of primary amides is 1. The van der Waals surface area contributed by atoms with E-state index in [4.69, 9.17) is 19.7 Å². The summed E-state index contributed by atoms with van der Waals surface area (Å²) in [5.41, 5.74) is 5.44. The van der Waals surface area contributed by atoms with E-state index in [2.05, 4.69) is 5.16 Å². The summed E-state index contributed by atoms with van der Waals surface area (Å²) in [7, 11) is 2.70. The number of hydrogen-bond acceptors (Lipinski definition) is 5. The third kappa shape index (κ3) is 2.73. The first-order chi connectivity index (χ1) is 9.97. The summed E-state index contributed by atoms with van der Waals surface area (Å²) in [6.45, 7) is 1.65. The summed E-state index contributed by atoms with van der Waals surface area (Å²) in [4.78, 5) is 12.7. The molecule has 0 aliphatic carbocycles. The van der Waals surface area contributed by atoms with Gasteiger partial charge >= 0.3 is 6.03 Å². The van der Waals surface area contributed by atoms with Crippen LogP contribution in [0.2, 0.25) is 0 Å². The van der Waals surface area contributed by atoms with Crippen LogP contribution in [0.1, 0.15) is 5.76 Å². The average Bonchev–Trinajstić information content (AvgIpc) is 2.85. The molecule has 112 valence electrons. The van der Waals surface area contributed by atoms with Crippen LogP contribution < -0.4 is 20.1 Å². The van der Waals surface area contributed by atoms with E-state index in [1.54, 1.807) is 6.92 Å². The normalized spacial score (nSPS) is 10.3. The predicted molar refractivity (Wildman–Crippen MR) is 72.5 cm³/mol. The van der Waals surface area contributed by atoms with E-state index in [1.807, 2.05) is 0 Å². The number of carbonyl (C=O) groups is 1. The van der Waals surface area contributed by atoms with Crippen LogP contribution in [-0.2, 0) is 0 Å². The summed E-state index contributed by atoms with van der Waals surface area (Å²) in [5, 5.41) is 3.70. The summed E-state index contributed by atoms with van der Waals surface area (Å²) in [6, 6.07) is 3.03. The van der Waals surface area contributed by atoms with E-state index >= 15 is 0 Å². The van der Waals surface area contributed by atoms with Crippen molar-refractivity contribution in [3.8, 4) is 11.5 Å². The Morgan fingerprint density at radius 2 is 1.95 bits per heavy atom. The molecule has 1 aromatic heterocycles. The molecule has 21 heavy (non-hydrogen) atoms. The number of anilines is 2. The maximum atomic E-state index is 13.9. The lowest BCUT2D eigenvalue weighted by atomic mass is 10.2. The zero-order valence-electron chi connectivity index (χ0n) is 11.7. The quantitative estimate of drug-likeness (QED) is 0.935. The molecule has 1 aromatic carbocycles. The molecular formula is C13H14FN3O4. The number of aromatic nitrogens is 1. The van der Waals surface area contributed by atoms with Gasteiger partial charge in [-0.1, -0.05) is 5.16 Å². The minimum atomic E-state index is -0.855. The summed E-state index contributed by atoms with van der Waals surface area (Å²) >= 11 is 0. The average molecular weight is 295 g/mol. The van der Waals surface area contributed by atoms with Crippen LogP contribution >= 0.6 is 0 Å². The molecule has 0 unspecified atom stereocenters. The van der Waals surface area contributed by atoms with Crippen molar-refractivity contribution < 1.29 is 23.2 Å². The van der Waals surface area contributed by atoms with Crippen molar-refractivity contribution in [3.05, 3.63) is 29.8 Å². The number of hydrogen-bond donors (Lipinski definition) is 1. The number of rotatable bonds is 4. The molecule has 0 atom stereocenters. The molecule has 2 rings (SSSR count). The minimum absolute atomic E-state index is 0.0173. The van der Waals surface area contributed by atoms with Crippen molar-refractivity contribution >= 4 is 17.5 Å². The standard InChI is InChI=1S/C13H14FN3O4/c1-7-4-12(16-21-7)17(13(15)18)9-5-8(14)10(19-2)6-11(9)20-3/h4-6H,1-3H3,(H2,15,18). The van der Waals surface area contributed by atoms with Crippen LogP contribution in [0, 0.1) is 12.7 Å². The molecule has 0 bridgehead atoms. The summed E-state index contributed by atoms with van der Waals surface area (Å²) in [5.74, 6) is 0.121. The van der Waals surface area contributed by atoms with Gasteiger partial charge in [-0.3, -0.25) is 0 Å². The Morgan fingerprint density at radius 1 is 1.29 bits per heavy atom. The lowest BCUT2D eigenvalue weighted by molar-refractivity contribution is 0.255. The highest BCUT2D eigenvalue weighted by atomic mass is 19.1. The molecule has 0 saturated heterocycles. The predicted octanol–water partition coefficient (Wildman–Crippen LogP) is 2.36. The lowest BCUT2D eigenvalue weighted by Gasteiger charge is -2.20. The van der Waals surface area contributed by atoms with Crippen LogP contribution in [-0.4, -0.2) is 25.4 Å². The maximum Gasteiger partial charge on any atom is 0.325 e. The van der Waals surface area contributed by atoms with Crippen molar-refractivity contribution in [3.63, 3.8) is 0 Å². The first-order valence-corrected chi connectivity index (χ1v) is 5.92. The molecule has 8 heteroatoms. The fourth-order valence-corrected chi connectivity index (χ4v) is 1.83.